The Morgan fingerprint density at radius 2 is 1.65 bits per heavy atom. The minimum atomic E-state index is -0.850. The number of aryl methyl sites for hydroxylation is 4. The quantitative estimate of drug-likeness (QED) is 0.323. The number of hydrogen-bond donors (Lipinski definition) is 1. The maximum atomic E-state index is 13.8. The van der Waals surface area contributed by atoms with Gasteiger partial charge in [0.1, 0.15) is 5.52 Å². The Labute approximate surface area is 235 Å². The molecule has 1 amide bonds. The molecule has 40 heavy (non-hydrogen) atoms. The van der Waals surface area contributed by atoms with E-state index >= 15 is 0 Å². The number of carboxylic acid groups (broad SMARTS) is 1. The van der Waals surface area contributed by atoms with Gasteiger partial charge in [-0.2, -0.15) is 0 Å². The molecule has 3 aromatic carbocycles. The lowest BCUT2D eigenvalue weighted by Gasteiger charge is -2.32. The van der Waals surface area contributed by atoms with Crippen molar-refractivity contribution in [3.05, 3.63) is 92.0 Å². The van der Waals surface area contributed by atoms with E-state index in [9.17, 15) is 14.7 Å². The third kappa shape index (κ3) is 4.57. The first kappa shape index (κ1) is 27.6. The monoisotopic (exact) mass is 538 g/mol. The van der Waals surface area contributed by atoms with Crippen LogP contribution in [-0.4, -0.2) is 43.4 Å². The fraction of sp³-hybridized carbons (Fsp3) is 0.394. The van der Waals surface area contributed by atoms with Crippen LogP contribution in [0, 0.1) is 40.5 Å². The maximum absolute atomic E-state index is 13.8. The predicted molar refractivity (Wildman–Crippen MR) is 157 cm³/mol. The topological polar surface area (TPSA) is 88.3 Å². The van der Waals surface area contributed by atoms with Crippen LogP contribution in [0.1, 0.15) is 80.2 Å². The molecule has 1 aromatic heterocycles. The SMILES string of the molecule is CCn1nnc2c(C)c([C@H](c3ccc4c(c3)CN(C(=O)c3c(C)c(C)cc(C)c3C)CC4)[C@H](C)C(=O)O)ccc21. The van der Waals surface area contributed by atoms with E-state index < -0.39 is 11.9 Å². The summed E-state index contributed by atoms with van der Waals surface area (Å²) in [5.74, 6) is -1.81. The van der Waals surface area contributed by atoms with Crippen LogP contribution >= 0.6 is 0 Å². The summed E-state index contributed by atoms with van der Waals surface area (Å²) in [6.45, 7) is 15.8. The molecule has 0 aliphatic carbocycles. The molecule has 0 saturated heterocycles. The molecule has 7 heteroatoms. The summed E-state index contributed by atoms with van der Waals surface area (Å²) in [5, 5.41) is 18.8. The zero-order valence-corrected chi connectivity index (χ0v) is 24.5. The zero-order valence-electron chi connectivity index (χ0n) is 24.5. The first-order valence-electron chi connectivity index (χ1n) is 14.1. The van der Waals surface area contributed by atoms with Crippen LogP contribution in [0.15, 0.2) is 36.4 Å². The van der Waals surface area contributed by atoms with E-state index in [2.05, 4.69) is 48.4 Å². The van der Waals surface area contributed by atoms with Gasteiger partial charge in [-0.1, -0.05) is 42.5 Å². The Balaban J connectivity index is 1.54. The van der Waals surface area contributed by atoms with Gasteiger partial charge in [-0.05, 0) is 104 Å². The van der Waals surface area contributed by atoms with E-state index in [0.29, 0.717) is 19.6 Å². The molecule has 1 aliphatic rings. The molecule has 1 aliphatic heterocycles. The van der Waals surface area contributed by atoms with Crippen LogP contribution in [0.3, 0.4) is 0 Å². The molecule has 0 saturated carbocycles. The Morgan fingerprint density at radius 3 is 2.30 bits per heavy atom. The van der Waals surface area contributed by atoms with E-state index in [1.54, 1.807) is 6.92 Å². The van der Waals surface area contributed by atoms with Crippen LogP contribution in [0.25, 0.3) is 11.0 Å². The number of carbonyl (C=O) groups excluding carboxylic acids is 1. The van der Waals surface area contributed by atoms with Crippen molar-refractivity contribution in [2.75, 3.05) is 6.54 Å². The van der Waals surface area contributed by atoms with E-state index in [4.69, 9.17) is 0 Å². The van der Waals surface area contributed by atoms with Crippen molar-refractivity contribution in [2.24, 2.45) is 5.92 Å². The van der Waals surface area contributed by atoms with Gasteiger partial charge in [-0.3, -0.25) is 9.59 Å². The fourth-order valence-corrected chi connectivity index (χ4v) is 6.27. The Bertz CT molecular complexity index is 1630. The van der Waals surface area contributed by atoms with Crippen molar-refractivity contribution in [2.45, 2.75) is 73.9 Å². The highest BCUT2D eigenvalue weighted by Crippen LogP contribution is 2.38. The van der Waals surface area contributed by atoms with E-state index in [0.717, 1.165) is 67.5 Å². The number of hydrogen-bond acceptors (Lipinski definition) is 4. The molecule has 0 radical (unpaired) electrons. The average Bonchev–Trinajstić information content (AvgIpc) is 3.37. The maximum Gasteiger partial charge on any atom is 0.307 e. The third-order valence-corrected chi connectivity index (χ3v) is 8.98. The number of nitrogens with zero attached hydrogens (tertiary/aromatic N) is 4. The Morgan fingerprint density at radius 1 is 0.950 bits per heavy atom. The summed E-state index contributed by atoms with van der Waals surface area (Å²) in [6.07, 6.45) is 0.772. The van der Waals surface area contributed by atoms with Crippen molar-refractivity contribution in [1.82, 2.24) is 19.9 Å². The van der Waals surface area contributed by atoms with Gasteiger partial charge in [0.05, 0.1) is 11.4 Å². The molecule has 0 fully saturated rings. The summed E-state index contributed by atoms with van der Waals surface area (Å²) in [6, 6.07) is 12.5. The third-order valence-electron chi connectivity index (χ3n) is 8.98. The van der Waals surface area contributed by atoms with Crippen molar-refractivity contribution >= 4 is 22.9 Å². The molecule has 1 N–H and O–H groups in total. The second kappa shape index (κ2) is 10.5. The molecule has 0 bridgehead atoms. The van der Waals surface area contributed by atoms with Gasteiger partial charge in [0, 0.05) is 31.1 Å². The number of amides is 1. The largest absolute Gasteiger partial charge is 0.481 e. The molecule has 7 nitrogen and oxygen atoms in total. The number of carboxylic acids is 1. The second-order valence-corrected chi connectivity index (χ2v) is 11.3. The van der Waals surface area contributed by atoms with Gasteiger partial charge in [0.25, 0.3) is 5.91 Å². The highest BCUT2D eigenvalue weighted by Gasteiger charge is 2.31. The van der Waals surface area contributed by atoms with Gasteiger partial charge in [0.2, 0.25) is 0 Å². The number of rotatable bonds is 6. The molecule has 2 atom stereocenters. The lowest BCUT2D eigenvalue weighted by atomic mass is 9.78. The summed E-state index contributed by atoms with van der Waals surface area (Å²) in [7, 11) is 0. The van der Waals surface area contributed by atoms with Crippen LogP contribution in [-0.2, 0) is 24.3 Å². The number of aliphatic carboxylic acids is 1. The molecule has 0 unspecified atom stereocenters. The van der Waals surface area contributed by atoms with E-state index in [-0.39, 0.29) is 11.8 Å². The smallest absolute Gasteiger partial charge is 0.307 e. The molecule has 2 heterocycles. The molecule has 0 spiro atoms. The molecule has 5 rings (SSSR count). The normalized spacial score (nSPS) is 14.7. The van der Waals surface area contributed by atoms with Crippen LogP contribution < -0.4 is 0 Å². The van der Waals surface area contributed by atoms with Gasteiger partial charge in [-0.15, -0.1) is 5.10 Å². The van der Waals surface area contributed by atoms with Gasteiger partial charge < -0.3 is 10.0 Å². The van der Waals surface area contributed by atoms with Crippen LogP contribution in [0.2, 0.25) is 0 Å². The van der Waals surface area contributed by atoms with Crippen LogP contribution in [0.5, 0.6) is 0 Å². The van der Waals surface area contributed by atoms with Gasteiger partial charge in [0.15, 0.2) is 0 Å². The number of benzene rings is 3. The molecule has 4 aromatic rings. The molecule has 208 valence electrons. The van der Waals surface area contributed by atoms with Crippen molar-refractivity contribution in [3.8, 4) is 0 Å². The Kier molecular flexibility index (Phi) is 7.25. The minimum absolute atomic E-state index is 0.0635. The van der Waals surface area contributed by atoms with Crippen molar-refractivity contribution in [1.29, 1.82) is 0 Å². The lowest BCUT2D eigenvalue weighted by Crippen LogP contribution is -2.37. The molecular weight excluding hydrogens is 500 g/mol. The summed E-state index contributed by atoms with van der Waals surface area (Å²) in [4.78, 5) is 28.1. The highest BCUT2D eigenvalue weighted by atomic mass is 16.4. The van der Waals surface area contributed by atoms with E-state index in [1.165, 1.54) is 5.56 Å². The van der Waals surface area contributed by atoms with Crippen molar-refractivity contribution < 1.29 is 14.7 Å². The fourth-order valence-electron chi connectivity index (χ4n) is 6.27. The number of fused-ring (bicyclic) bond motifs is 2. The number of carbonyl (C=O) groups is 2. The first-order valence-corrected chi connectivity index (χ1v) is 14.1. The predicted octanol–water partition coefficient (Wildman–Crippen LogP) is 6.04. The lowest BCUT2D eigenvalue weighted by molar-refractivity contribution is -0.141. The van der Waals surface area contributed by atoms with Gasteiger partial charge in [-0.25, -0.2) is 4.68 Å². The minimum Gasteiger partial charge on any atom is -0.481 e. The highest BCUT2D eigenvalue weighted by molar-refractivity contribution is 5.98. The Hall–Kier alpha value is -4.00. The van der Waals surface area contributed by atoms with E-state index in [1.807, 2.05) is 49.4 Å². The van der Waals surface area contributed by atoms with Crippen molar-refractivity contribution in [3.63, 3.8) is 0 Å². The number of aromatic nitrogens is 3. The average molecular weight is 539 g/mol. The van der Waals surface area contributed by atoms with Crippen LogP contribution in [0.4, 0.5) is 0 Å². The van der Waals surface area contributed by atoms with Gasteiger partial charge >= 0.3 is 5.97 Å². The molecular formula is C33H38N4O3. The summed E-state index contributed by atoms with van der Waals surface area (Å²) >= 11 is 0. The zero-order chi connectivity index (χ0) is 28.9. The standard InChI is InChI=1S/C33H38N4O3/c1-8-37-28-12-11-27(22(6)31(28)34-35-37)30(23(7)33(39)40)25-10-9-24-13-14-36(17-26(24)16-25)32(38)29-20(4)18(2)15-19(3)21(29)5/h9-12,15-16,23,30H,8,13-14,17H2,1-7H3,(H,39,40)/t23-,30-/m0/s1. The summed E-state index contributed by atoms with van der Waals surface area (Å²) in [5.41, 5.74) is 12.0. The second-order valence-electron chi connectivity index (χ2n) is 11.3. The first-order chi connectivity index (χ1) is 19.0. The summed E-state index contributed by atoms with van der Waals surface area (Å²) < 4.78 is 1.85.